The maximum Gasteiger partial charge on any atom is 0.412 e. The Labute approximate surface area is 182 Å². The van der Waals surface area contributed by atoms with E-state index >= 15 is 0 Å². The van der Waals surface area contributed by atoms with Crippen molar-refractivity contribution in [2.45, 2.75) is 51.0 Å². The molecule has 0 bridgehead atoms. The minimum absolute atomic E-state index is 0.0908. The molecule has 1 amide bonds. The molecule has 0 aromatic heterocycles. The molecule has 1 heterocycles. The van der Waals surface area contributed by atoms with Crippen LogP contribution >= 0.6 is 0 Å². The molecule has 4 atom stereocenters. The van der Waals surface area contributed by atoms with E-state index in [-0.39, 0.29) is 18.3 Å². The average Bonchev–Trinajstić information content (AvgIpc) is 3.56. The first-order valence-corrected chi connectivity index (χ1v) is 11.0. The molecule has 2 fully saturated rings. The fourth-order valence-corrected chi connectivity index (χ4v) is 4.40. The van der Waals surface area contributed by atoms with Crippen molar-refractivity contribution in [2.75, 3.05) is 13.1 Å². The second kappa shape index (κ2) is 9.60. The molecule has 2 aromatic carbocycles. The van der Waals surface area contributed by atoms with E-state index in [1.165, 1.54) is 4.90 Å². The van der Waals surface area contributed by atoms with Crippen molar-refractivity contribution in [1.29, 1.82) is 0 Å². The number of ether oxygens (including phenoxy) is 1. The van der Waals surface area contributed by atoms with E-state index in [2.05, 4.69) is 5.32 Å². The predicted octanol–water partition coefficient (Wildman–Crippen LogP) is 4.68. The number of benzene rings is 2. The van der Waals surface area contributed by atoms with Crippen LogP contribution in [0.4, 0.5) is 9.18 Å². The molecule has 2 aromatic rings. The second-order valence-corrected chi connectivity index (χ2v) is 8.56. The summed E-state index contributed by atoms with van der Waals surface area (Å²) in [6, 6.07) is 17.5. The molecule has 0 radical (unpaired) electrons. The van der Waals surface area contributed by atoms with Gasteiger partial charge in [0, 0.05) is 30.5 Å². The molecule has 5 nitrogen and oxygen atoms in total. The summed E-state index contributed by atoms with van der Waals surface area (Å²) in [5.41, 5.74) is 2.78. The van der Waals surface area contributed by atoms with Gasteiger partial charge in [-0.1, -0.05) is 54.6 Å². The Hall–Kier alpha value is -2.73. The van der Waals surface area contributed by atoms with Crippen LogP contribution in [0.25, 0.3) is 0 Å². The van der Waals surface area contributed by atoms with Gasteiger partial charge in [-0.15, -0.1) is 0 Å². The van der Waals surface area contributed by atoms with E-state index in [0.29, 0.717) is 24.9 Å². The van der Waals surface area contributed by atoms with Gasteiger partial charge in [0.25, 0.3) is 0 Å². The molecule has 1 N–H and O–H groups in total. The lowest BCUT2D eigenvalue weighted by atomic mass is 9.96. The first-order chi connectivity index (χ1) is 15.0. The topological polar surface area (TPSA) is 58.6 Å². The summed E-state index contributed by atoms with van der Waals surface area (Å²) in [7, 11) is 0. The molecule has 2 unspecified atom stereocenters. The van der Waals surface area contributed by atoms with E-state index in [0.717, 1.165) is 36.1 Å². The number of nitrogens with one attached hydrogen (secondary N) is 1. The Morgan fingerprint density at radius 2 is 1.84 bits per heavy atom. The highest BCUT2D eigenvalue weighted by molar-refractivity contribution is 5.95. The molecular weight excluding hydrogens is 395 g/mol. The summed E-state index contributed by atoms with van der Waals surface area (Å²) in [5.74, 6) is 0.611. The Morgan fingerprint density at radius 1 is 1.10 bits per heavy atom. The lowest BCUT2D eigenvalue weighted by Crippen LogP contribution is -2.46. The van der Waals surface area contributed by atoms with Crippen molar-refractivity contribution in [1.82, 2.24) is 10.2 Å². The zero-order chi connectivity index (χ0) is 21.8. The molecule has 1 aliphatic carbocycles. The van der Waals surface area contributed by atoms with Crippen LogP contribution in [0.3, 0.4) is 0 Å². The lowest BCUT2D eigenvalue weighted by molar-refractivity contribution is 0.00933. The number of likely N-dealkylation sites (tertiary alicyclic amines) is 1. The lowest BCUT2D eigenvalue weighted by Gasteiger charge is -2.34. The zero-order valence-corrected chi connectivity index (χ0v) is 17.8. The third kappa shape index (κ3) is 5.31. The number of ketones is 1. The number of Topliss-reactive ketones (excluding diaryl/α,β-unsaturated/α-hetero) is 1. The molecule has 6 heteroatoms. The number of carbonyl (C=O) groups is 2. The van der Waals surface area contributed by atoms with Crippen molar-refractivity contribution in [3.05, 3.63) is 71.3 Å². The standard InChI is InChI=1S/C25H29FN2O3/c1-17(29)20-9-5-6-10-21(20)22-14-23(22)27-15-19-11-12-28(24(26)13-19)25(30)31-16-18-7-3-2-4-8-18/h2-10,19,22-24,27H,11-16H2,1H3/t19?,22-,23+,24?/m0/s1. The van der Waals surface area contributed by atoms with Gasteiger partial charge in [0.15, 0.2) is 12.1 Å². The van der Waals surface area contributed by atoms with Crippen LogP contribution in [0, 0.1) is 5.92 Å². The monoisotopic (exact) mass is 424 g/mol. The van der Waals surface area contributed by atoms with Crippen molar-refractivity contribution < 1.29 is 18.7 Å². The maximum atomic E-state index is 14.7. The number of rotatable bonds is 7. The Morgan fingerprint density at radius 3 is 2.58 bits per heavy atom. The molecule has 4 rings (SSSR count). The van der Waals surface area contributed by atoms with E-state index in [4.69, 9.17) is 4.74 Å². The third-order valence-corrected chi connectivity index (χ3v) is 6.28. The number of nitrogens with zero attached hydrogens (tertiary/aromatic N) is 1. The predicted molar refractivity (Wildman–Crippen MR) is 117 cm³/mol. The highest BCUT2D eigenvalue weighted by Crippen LogP contribution is 2.42. The number of carbonyl (C=O) groups excluding carboxylic acids is 2. The van der Waals surface area contributed by atoms with Crippen molar-refractivity contribution >= 4 is 11.9 Å². The van der Waals surface area contributed by atoms with Crippen LogP contribution in [0.15, 0.2) is 54.6 Å². The third-order valence-electron chi connectivity index (χ3n) is 6.28. The smallest absolute Gasteiger partial charge is 0.412 e. The number of hydrogen-bond acceptors (Lipinski definition) is 4. The minimum Gasteiger partial charge on any atom is -0.444 e. The van der Waals surface area contributed by atoms with Crippen molar-refractivity contribution in [3.8, 4) is 0 Å². The number of hydrogen-bond donors (Lipinski definition) is 1. The molecular formula is C25H29FN2O3. The first kappa shape index (κ1) is 21.5. The minimum atomic E-state index is -1.32. The van der Waals surface area contributed by atoms with E-state index in [1.54, 1.807) is 6.92 Å². The van der Waals surface area contributed by atoms with E-state index < -0.39 is 12.4 Å². The quantitative estimate of drug-likeness (QED) is 0.518. The summed E-state index contributed by atoms with van der Waals surface area (Å²) < 4.78 is 19.9. The van der Waals surface area contributed by atoms with Gasteiger partial charge in [-0.05, 0) is 43.4 Å². The van der Waals surface area contributed by atoms with Crippen molar-refractivity contribution in [3.63, 3.8) is 0 Å². The number of alkyl halides is 1. The van der Waals surface area contributed by atoms with Gasteiger partial charge in [-0.25, -0.2) is 9.18 Å². The fraction of sp³-hybridized carbons (Fsp3) is 0.440. The largest absolute Gasteiger partial charge is 0.444 e. The summed E-state index contributed by atoms with van der Waals surface area (Å²) in [6.07, 6.45) is 0.140. The van der Waals surface area contributed by atoms with Crippen LogP contribution < -0.4 is 5.32 Å². The molecule has 2 aliphatic rings. The Kier molecular flexibility index (Phi) is 6.66. The number of piperidine rings is 1. The van der Waals surface area contributed by atoms with Gasteiger partial charge in [-0.2, -0.15) is 0 Å². The molecule has 0 spiro atoms. The van der Waals surface area contributed by atoms with Gasteiger partial charge in [0.2, 0.25) is 0 Å². The van der Waals surface area contributed by atoms with Crippen molar-refractivity contribution in [2.24, 2.45) is 5.92 Å². The SMILES string of the molecule is CC(=O)c1ccccc1[C@@H]1C[C@H]1NCC1CCN(C(=O)OCc2ccccc2)C(F)C1. The molecule has 1 saturated heterocycles. The number of amides is 1. The zero-order valence-electron chi connectivity index (χ0n) is 17.8. The summed E-state index contributed by atoms with van der Waals surface area (Å²) in [5, 5.41) is 3.54. The normalized spacial score (nSPS) is 25.2. The van der Waals surface area contributed by atoms with Crippen LogP contribution in [-0.2, 0) is 11.3 Å². The van der Waals surface area contributed by atoms with Crippen LogP contribution in [-0.4, -0.2) is 42.2 Å². The molecule has 31 heavy (non-hydrogen) atoms. The Bertz CT molecular complexity index is 920. The highest BCUT2D eigenvalue weighted by Gasteiger charge is 2.40. The average molecular weight is 425 g/mol. The van der Waals surface area contributed by atoms with E-state index in [1.807, 2.05) is 54.6 Å². The van der Waals surface area contributed by atoms with Gasteiger partial charge in [-0.3, -0.25) is 9.69 Å². The summed E-state index contributed by atoms with van der Waals surface area (Å²) >= 11 is 0. The Balaban J connectivity index is 1.21. The van der Waals surface area contributed by atoms with Crippen LogP contribution in [0.2, 0.25) is 0 Å². The second-order valence-electron chi connectivity index (χ2n) is 8.56. The van der Waals surface area contributed by atoms with Crippen LogP contribution in [0.1, 0.15) is 53.6 Å². The van der Waals surface area contributed by atoms with Gasteiger partial charge >= 0.3 is 6.09 Å². The fourth-order valence-electron chi connectivity index (χ4n) is 4.40. The molecule has 1 aliphatic heterocycles. The van der Waals surface area contributed by atoms with Gasteiger partial charge < -0.3 is 10.1 Å². The van der Waals surface area contributed by atoms with E-state index in [9.17, 15) is 14.0 Å². The summed E-state index contributed by atoms with van der Waals surface area (Å²) in [6.45, 7) is 2.83. The summed E-state index contributed by atoms with van der Waals surface area (Å²) in [4.78, 5) is 25.3. The highest BCUT2D eigenvalue weighted by atomic mass is 19.1. The van der Waals surface area contributed by atoms with Gasteiger partial charge in [0.1, 0.15) is 6.61 Å². The number of halogens is 1. The maximum absolute atomic E-state index is 14.7. The molecule has 1 saturated carbocycles. The van der Waals surface area contributed by atoms with Gasteiger partial charge in [0.05, 0.1) is 0 Å². The first-order valence-electron chi connectivity index (χ1n) is 11.0. The molecule has 164 valence electrons. The van der Waals surface area contributed by atoms with Crippen LogP contribution in [0.5, 0.6) is 0 Å².